The molecule has 6 rings (SSSR count). The molecule has 3 N–H and O–H groups in total. The van der Waals surface area contributed by atoms with Crippen LogP contribution in [0, 0.1) is 17.8 Å². The second-order valence-electron chi connectivity index (χ2n) is 10.6. The third kappa shape index (κ3) is 3.71. The number of hydrogen-bond acceptors (Lipinski definition) is 8. The van der Waals surface area contributed by atoms with Gasteiger partial charge in [-0.05, 0) is 55.4 Å². The molecule has 1 aliphatic heterocycles. The number of anilines is 1. The maximum atomic E-state index is 14.0. The number of phenolic OH excluding ortho intramolecular Hbond substituents is 1. The zero-order valence-corrected chi connectivity index (χ0v) is 21.8. The SMILES string of the molecule is COc1cccc(C2C3=CCC4C(=O)N(c5cccc(B(O)O)c5)C(=O)C4C3CC3=C2C(=O)C(C)=CC3=O)c1O. The molecule has 2 amide bonds. The van der Waals surface area contributed by atoms with E-state index in [1.165, 1.54) is 31.4 Å². The summed E-state index contributed by atoms with van der Waals surface area (Å²) in [5, 5.41) is 30.4. The molecule has 4 unspecified atom stereocenters. The van der Waals surface area contributed by atoms with E-state index in [1.807, 2.05) is 6.08 Å². The Morgan fingerprint density at radius 1 is 1.00 bits per heavy atom. The lowest BCUT2D eigenvalue weighted by atomic mass is 9.59. The molecular formula is C30H26BNO8. The van der Waals surface area contributed by atoms with Crippen LogP contribution in [0.15, 0.2) is 76.9 Å². The van der Waals surface area contributed by atoms with Crippen LogP contribution >= 0.6 is 0 Å². The van der Waals surface area contributed by atoms with Crippen LogP contribution in [0.3, 0.4) is 0 Å². The molecule has 0 radical (unpaired) electrons. The summed E-state index contributed by atoms with van der Waals surface area (Å²) in [5.74, 6) is -4.26. The molecule has 2 aromatic carbocycles. The lowest BCUT2D eigenvalue weighted by Crippen LogP contribution is -2.40. The van der Waals surface area contributed by atoms with Crippen molar-refractivity contribution >= 4 is 41.6 Å². The molecule has 9 nitrogen and oxygen atoms in total. The molecular weight excluding hydrogens is 513 g/mol. The first-order chi connectivity index (χ1) is 19.1. The first-order valence-corrected chi connectivity index (χ1v) is 13.0. The molecule has 3 aliphatic carbocycles. The van der Waals surface area contributed by atoms with E-state index in [4.69, 9.17) is 4.74 Å². The number of allylic oxidation sites excluding steroid dienone is 6. The molecule has 4 aliphatic rings. The highest BCUT2D eigenvalue weighted by Crippen LogP contribution is 2.57. The van der Waals surface area contributed by atoms with Crippen LogP contribution < -0.4 is 15.1 Å². The van der Waals surface area contributed by atoms with Crippen LogP contribution in [0.2, 0.25) is 0 Å². The molecule has 0 bridgehead atoms. The highest BCUT2D eigenvalue weighted by atomic mass is 16.5. The van der Waals surface area contributed by atoms with Crippen molar-refractivity contribution in [3.8, 4) is 11.5 Å². The second-order valence-corrected chi connectivity index (χ2v) is 10.6. The summed E-state index contributed by atoms with van der Waals surface area (Å²) in [6.45, 7) is 1.58. The van der Waals surface area contributed by atoms with E-state index in [0.29, 0.717) is 16.7 Å². The first-order valence-electron chi connectivity index (χ1n) is 13.0. The summed E-state index contributed by atoms with van der Waals surface area (Å²) in [6, 6.07) is 10.9. The first kappa shape index (κ1) is 26.0. The minimum atomic E-state index is -1.77. The summed E-state index contributed by atoms with van der Waals surface area (Å²) in [4.78, 5) is 55.4. The molecule has 10 heteroatoms. The highest BCUT2D eigenvalue weighted by molar-refractivity contribution is 6.58. The number of hydrogen-bond donors (Lipinski definition) is 3. The Bertz CT molecular complexity index is 1600. The summed E-state index contributed by atoms with van der Waals surface area (Å²) in [7, 11) is -0.350. The van der Waals surface area contributed by atoms with Crippen molar-refractivity contribution in [3.63, 3.8) is 0 Å². The highest BCUT2D eigenvalue weighted by Gasteiger charge is 2.57. The van der Waals surface area contributed by atoms with Crippen molar-refractivity contribution in [2.45, 2.75) is 25.7 Å². The number of fused-ring (bicyclic) bond motifs is 3. The Kier molecular flexibility index (Phi) is 6.12. The maximum Gasteiger partial charge on any atom is 0.488 e. The number of imide groups is 1. The number of aromatic hydroxyl groups is 1. The van der Waals surface area contributed by atoms with Gasteiger partial charge in [0.1, 0.15) is 0 Å². The zero-order chi connectivity index (χ0) is 28.5. The number of benzene rings is 2. The van der Waals surface area contributed by atoms with Crippen LogP contribution in [0.5, 0.6) is 11.5 Å². The Hall–Kier alpha value is -4.28. The van der Waals surface area contributed by atoms with Gasteiger partial charge in [0.2, 0.25) is 11.8 Å². The van der Waals surface area contributed by atoms with E-state index in [9.17, 15) is 34.3 Å². The molecule has 202 valence electrons. The number of Topliss-reactive ketones (excluding diaryl/α,β-unsaturated/α-hetero) is 1. The van der Waals surface area contributed by atoms with Crippen molar-refractivity contribution in [1.82, 2.24) is 0 Å². The predicted octanol–water partition coefficient (Wildman–Crippen LogP) is 1.71. The van der Waals surface area contributed by atoms with Gasteiger partial charge in [-0.1, -0.05) is 35.9 Å². The average molecular weight is 539 g/mol. The van der Waals surface area contributed by atoms with Crippen LogP contribution in [0.1, 0.15) is 31.2 Å². The van der Waals surface area contributed by atoms with Crippen LogP contribution in [-0.4, -0.2) is 52.8 Å². The van der Waals surface area contributed by atoms with Gasteiger partial charge in [0, 0.05) is 28.2 Å². The minimum Gasteiger partial charge on any atom is -0.504 e. The van der Waals surface area contributed by atoms with Gasteiger partial charge in [0.25, 0.3) is 0 Å². The molecule has 1 heterocycles. The van der Waals surface area contributed by atoms with Crippen LogP contribution in [-0.2, 0) is 19.2 Å². The molecule has 0 saturated carbocycles. The number of ether oxygens (including phenoxy) is 1. The number of carbonyl (C=O) groups is 4. The van der Waals surface area contributed by atoms with Gasteiger partial charge < -0.3 is 19.9 Å². The third-order valence-electron chi connectivity index (χ3n) is 8.55. The number of carbonyl (C=O) groups excluding carboxylic acids is 4. The van der Waals surface area contributed by atoms with E-state index >= 15 is 0 Å². The lowest BCUT2D eigenvalue weighted by molar-refractivity contribution is -0.123. The largest absolute Gasteiger partial charge is 0.504 e. The van der Waals surface area contributed by atoms with Crippen molar-refractivity contribution in [2.24, 2.45) is 17.8 Å². The van der Waals surface area contributed by atoms with Crippen molar-refractivity contribution in [1.29, 1.82) is 0 Å². The number of phenols is 1. The topological polar surface area (TPSA) is 141 Å². The van der Waals surface area contributed by atoms with E-state index in [-0.39, 0.29) is 58.2 Å². The Labute approximate surface area is 230 Å². The molecule has 4 atom stereocenters. The predicted molar refractivity (Wildman–Crippen MR) is 145 cm³/mol. The van der Waals surface area contributed by atoms with Gasteiger partial charge >= 0.3 is 7.12 Å². The van der Waals surface area contributed by atoms with Crippen LogP contribution in [0.4, 0.5) is 5.69 Å². The molecule has 0 spiro atoms. The van der Waals surface area contributed by atoms with Gasteiger partial charge in [0.15, 0.2) is 23.1 Å². The van der Waals surface area contributed by atoms with Crippen molar-refractivity contribution in [3.05, 3.63) is 82.5 Å². The maximum absolute atomic E-state index is 14.0. The number of para-hydroxylation sites is 1. The fraction of sp³-hybridized carbons (Fsp3) is 0.267. The van der Waals surface area contributed by atoms with Gasteiger partial charge in [-0.25, -0.2) is 0 Å². The van der Waals surface area contributed by atoms with E-state index in [1.54, 1.807) is 31.2 Å². The summed E-state index contributed by atoms with van der Waals surface area (Å²) in [5.41, 5.74) is 2.34. The fourth-order valence-corrected chi connectivity index (χ4v) is 6.73. The Morgan fingerprint density at radius 2 is 1.75 bits per heavy atom. The average Bonchev–Trinajstić information content (AvgIpc) is 3.20. The summed E-state index contributed by atoms with van der Waals surface area (Å²) >= 11 is 0. The van der Waals surface area contributed by atoms with Gasteiger partial charge in [0.05, 0.1) is 24.6 Å². The van der Waals surface area contributed by atoms with Gasteiger partial charge in [-0.3, -0.25) is 24.1 Å². The summed E-state index contributed by atoms with van der Waals surface area (Å²) < 4.78 is 5.32. The van der Waals surface area contributed by atoms with Crippen LogP contribution in [0.25, 0.3) is 0 Å². The van der Waals surface area contributed by atoms with Crippen molar-refractivity contribution < 1.29 is 39.1 Å². The molecule has 2 aromatic rings. The quantitative estimate of drug-likeness (QED) is 0.231. The standard InChI is InChI=1S/C30H26BNO8/c1-14-11-22(33)21-13-20-17(24(26(21)27(14)34)18-7-4-8-23(40-2)28(18)35)9-10-19-25(20)30(37)32(29(19)36)16-6-3-5-15(12-16)31(38)39/h3-9,11-12,19-20,24-25,35,38-39H,10,13H2,1-2H3. The normalized spacial score (nSPS) is 25.8. The fourth-order valence-electron chi connectivity index (χ4n) is 6.73. The monoisotopic (exact) mass is 539 g/mol. The number of nitrogens with zero attached hydrogens (tertiary/aromatic N) is 1. The van der Waals surface area contributed by atoms with Gasteiger partial charge in [-0.15, -0.1) is 0 Å². The summed E-state index contributed by atoms with van der Waals surface area (Å²) in [6.07, 6.45) is 3.52. The van der Waals surface area contributed by atoms with E-state index < -0.39 is 42.6 Å². The minimum absolute atomic E-state index is 0.111. The molecule has 0 aromatic heterocycles. The number of amides is 2. The van der Waals surface area contributed by atoms with Crippen molar-refractivity contribution in [2.75, 3.05) is 12.0 Å². The molecule has 40 heavy (non-hydrogen) atoms. The number of rotatable bonds is 4. The Morgan fingerprint density at radius 3 is 2.48 bits per heavy atom. The number of methoxy groups -OCH3 is 1. The second kappa shape index (κ2) is 9.43. The van der Waals surface area contributed by atoms with E-state index in [0.717, 1.165) is 4.90 Å². The zero-order valence-electron chi connectivity index (χ0n) is 21.8. The third-order valence-corrected chi connectivity index (χ3v) is 8.55. The molecule has 1 fully saturated rings. The van der Waals surface area contributed by atoms with E-state index in [2.05, 4.69) is 0 Å². The lowest BCUT2D eigenvalue weighted by Gasteiger charge is -2.42. The van der Waals surface area contributed by atoms with Gasteiger partial charge in [-0.2, -0.15) is 0 Å². The number of ketones is 2. The smallest absolute Gasteiger partial charge is 0.488 e. The Balaban J connectivity index is 1.49. The molecule has 1 saturated heterocycles.